The van der Waals surface area contributed by atoms with E-state index in [2.05, 4.69) is 28.3 Å². The van der Waals surface area contributed by atoms with Gasteiger partial charge in [-0.15, -0.1) is 23.1 Å². The van der Waals surface area contributed by atoms with Crippen molar-refractivity contribution in [1.29, 1.82) is 0 Å². The molecular formula is C16H13BrOS2. The standard InChI is InChI=1S/C16H13BrOS2/c1-19-11-7-5-10(6-8-11)15(18)13-9-20-16-12(13)3-2-4-14(16)17/h2-9,15,18H,1H3. The third-order valence-corrected chi connectivity index (χ3v) is 6.02. The monoisotopic (exact) mass is 364 g/mol. The predicted molar refractivity (Wildman–Crippen MR) is 91.8 cm³/mol. The number of rotatable bonds is 3. The van der Waals surface area contributed by atoms with Gasteiger partial charge in [0.15, 0.2) is 0 Å². The lowest BCUT2D eigenvalue weighted by molar-refractivity contribution is 0.222. The Bertz CT molecular complexity index is 734. The Morgan fingerprint density at radius 3 is 2.60 bits per heavy atom. The summed E-state index contributed by atoms with van der Waals surface area (Å²) in [7, 11) is 0. The van der Waals surface area contributed by atoms with E-state index in [-0.39, 0.29) is 0 Å². The van der Waals surface area contributed by atoms with Crippen molar-refractivity contribution in [1.82, 2.24) is 0 Å². The number of aliphatic hydroxyl groups excluding tert-OH is 1. The van der Waals surface area contributed by atoms with E-state index in [0.29, 0.717) is 0 Å². The first-order valence-electron chi connectivity index (χ1n) is 6.18. The molecular weight excluding hydrogens is 352 g/mol. The quantitative estimate of drug-likeness (QED) is 0.622. The molecule has 2 aromatic carbocycles. The van der Waals surface area contributed by atoms with Crippen molar-refractivity contribution in [3.63, 3.8) is 0 Å². The molecule has 1 nitrogen and oxygen atoms in total. The van der Waals surface area contributed by atoms with Gasteiger partial charge in [0.1, 0.15) is 6.10 Å². The van der Waals surface area contributed by atoms with Crippen LogP contribution in [0.1, 0.15) is 17.2 Å². The molecule has 0 aliphatic heterocycles. The molecule has 0 saturated heterocycles. The summed E-state index contributed by atoms with van der Waals surface area (Å²) in [6.45, 7) is 0. The SMILES string of the molecule is CSc1ccc(C(O)c2csc3c(Br)cccc23)cc1. The fraction of sp³-hybridized carbons (Fsp3) is 0.125. The van der Waals surface area contributed by atoms with E-state index in [0.717, 1.165) is 21.0 Å². The van der Waals surface area contributed by atoms with Crippen molar-refractivity contribution in [2.45, 2.75) is 11.0 Å². The molecule has 3 aromatic rings. The highest BCUT2D eigenvalue weighted by Crippen LogP contribution is 2.37. The second-order valence-electron chi connectivity index (χ2n) is 4.48. The lowest BCUT2D eigenvalue weighted by atomic mass is 10.0. The zero-order valence-electron chi connectivity index (χ0n) is 10.8. The van der Waals surface area contributed by atoms with Gasteiger partial charge in [0.2, 0.25) is 0 Å². The van der Waals surface area contributed by atoms with E-state index >= 15 is 0 Å². The Morgan fingerprint density at radius 1 is 1.15 bits per heavy atom. The molecule has 102 valence electrons. The molecule has 20 heavy (non-hydrogen) atoms. The van der Waals surface area contributed by atoms with Crippen LogP contribution in [0, 0.1) is 0 Å². The first kappa shape index (κ1) is 14.1. The van der Waals surface area contributed by atoms with Crippen LogP contribution in [0.5, 0.6) is 0 Å². The van der Waals surface area contributed by atoms with E-state index in [1.54, 1.807) is 23.1 Å². The van der Waals surface area contributed by atoms with Crippen LogP contribution < -0.4 is 0 Å². The van der Waals surface area contributed by atoms with E-state index in [4.69, 9.17) is 0 Å². The van der Waals surface area contributed by atoms with Crippen molar-refractivity contribution < 1.29 is 5.11 Å². The van der Waals surface area contributed by atoms with Gasteiger partial charge in [-0.3, -0.25) is 0 Å². The number of hydrogen-bond acceptors (Lipinski definition) is 3. The average molecular weight is 365 g/mol. The zero-order valence-corrected chi connectivity index (χ0v) is 14.1. The Morgan fingerprint density at radius 2 is 1.90 bits per heavy atom. The van der Waals surface area contributed by atoms with Crippen LogP contribution in [0.2, 0.25) is 0 Å². The average Bonchev–Trinajstić information content (AvgIpc) is 2.92. The van der Waals surface area contributed by atoms with Gasteiger partial charge >= 0.3 is 0 Å². The molecule has 1 unspecified atom stereocenters. The fourth-order valence-electron chi connectivity index (χ4n) is 2.22. The molecule has 0 amide bonds. The summed E-state index contributed by atoms with van der Waals surface area (Å²) >= 11 is 6.93. The first-order valence-corrected chi connectivity index (χ1v) is 9.08. The number of hydrogen-bond donors (Lipinski definition) is 1. The largest absolute Gasteiger partial charge is 0.384 e. The van der Waals surface area contributed by atoms with Crippen LogP contribution in [0.4, 0.5) is 0 Å². The molecule has 1 atom stereocenters. The lowest BCUT2D eigenvalue weighted by Gasteiger charge is -2.11. The molecule has 0 saturated carbocycles. The molecule has 0 bridgehead atoms. The van der Waals surface area contributed by atoms with Gasteiger partial charge in [-0.05, 0) is 56.7 Å². The molecule has 4 heteroatoms. The summed E-state index contributed by atoms with van der Waals surface area (Å²) in [6.07, 6.45) is 1.48. The highest BCUT2D eigenvalue weighted by molar-refractivity contribution is 9.10. The van der Waals surface area contributed by atoms with Crippen molar-refractivity contribution in [2.24, 2.45) is 0 Å². The Balaban J connectivity index is 2.03. The summed E-state index contributed by atoms with van der Waals surface area (Å²) in [5.74, 6) is 0. The Kier molecular flexibility index (Phi) is 4.17. The third-order valence-electron chi connectivity index (χ3n) is 3.31. The maximum absolute atomic E-state index is 10.6. The smallest absolute Gasteiger partial charge is 0.105 e. The van der Waals surface area contributed by atoms with Gasteiger partial charge in [0.05, 0.1) is 0 Å². The van der Waals surface area contributed by atoms with Crippen molar-refractivity contribution >= 4 is 49.1 Å². The number of thiophene rings is 1. The minimum absolute atomic E-state index is 0.575. The number of benzene rings is 2. The topological polar surface area (TPSA) is 20.2 Å². The predicted octanol–water partition coefficient (Wildman–Crippen LogP) is 5.47. The lowest BCUT2D eigenvalue weighted by Crippen LogP contribution is -1.98. The molecule has 1 heterocycles. The summed E-state index contributed by atoms with van der Waals surface area (Å²) in [4.78, 5) is 1.21. The van der Waals surface area contributed by atoms with Gasteiger partial charge in [0, 0.05) is 19.6 Å². The van der Waals surface area contributed by atoms with Crippen LogP contribution in [0.3, 0.4) is 0 Å². The molecule has 0 fully saturated rings. The van der Waals surface area contributed by atoms with E-state index < -0.39 is 6.10 Å². The van der Waals surface area contributed by atoms with Crippen LogP contribution in [-0.4, -0.2) is 11.4 Å². The number of thioether (sulfide) groups is 1. The van der Waals surface area contributed by atoms with Crippen LogP contribution >= 0.6 is 39.0 Å². The van der Waals surface area contributed by atoms with Crippen molar-refractivity contribution in [3.8, 4) is 0 Å². The third kappa shape index (κ3) is 2.53. The van der Waals surface area contributed by atoms with E-state index in [1.165, 1.54) is 9.60 Å². The van der Waals surface area contributed by atoms with Crippen molar-refractivity contribution in [2.75, 3.05) is 6.26 Å². The number of aliphatic hydroxyl groups is 1. The molecule has 0 spiro atoms. The van der Waals surface area contributed by atoms with E-state index in [1.807, 2.05) is 41.8 Å². The number of fused-ring (bicyclic) bond motifs is 1. The second kappa shape index (κ2) is 5.90. The zero-order chi connectivity index (χ0) is 14.1. The van der Waals surface area contributed by atoms with Crippen molar-refractivity contribution in [3.05, 3.63) is 63.4 Å². The summed E-state index contributed by atoms with van der Waals surface area (Å²) in [6, 6.07) is 14.2. The summed E-state index contributed by atoms with van der Waals surface area (Å²) in [5, 5.41) is 13.8. The number of halogens is 1. The second-order valence-corrected chi connectivity index (χ2v) is 7.10. The molecule has 1 N–H and O–H groups in total. The Hall–Kier alpha value is -0.810. The highest BCUT2D eigenvalue weighted by Gasteiger charge is 2.16. The van der Waals surface area contributed by atoms with Gasteiger partial charge in [-0.25, -0.2) is 0 Å². The van der Waals surface area contributed by atoms with Crippen LogP contribution in [-0.2, 0) is 0 Å². The van der Waals surface area contributed by atoms with E-state index in [9.17, 15) is 5.11 Å². The van der Waals surface area contributed by atoms with Gasteiger partial charge < -0.3 is 5.11 Å². The minimum Gasteiger partial charge on any atom is -0.384 e. The fourth-order valence-corrected chi connectivity index (χ4v) is 4.27. The molecule has 0 aliphatic carbocycles. The van der Waals surface area contributed by atoms with Crippen LogP contribution in [0.25, 0.3) is 10.1 Å². The Labute approximate surface area is 134 Å². The minimum atomic E-state index is -0.575. The normalized spacial score (nSPS) is 12.8. The summed E-state index contributed by atoms with van der Waals surface area (Å²) in [5.41, 5.74) is 1.91. The first-order chi connectivity index (χ1) is 9.70. The van der Waals surface area contributed by atoms with Crippen LogP contribution in [0.15, 0.2) is 57.2 Å². The summed E-state index contributed by atoms with van der Waals surface area (Å²) < 4.78 is 2.26. The van der Waals surface area contributed by atoms with Gasteiger partial charge in [-0.1, -0.05) is 24.3 Å². The van der Waals surface area contributed by atoms with Gasteiger partial charge in [-0.2, -0.15) is 0 Å². The maximum Gasteiger partial charge on any atom is 0.105 e. The molecule has 1 aromatic heterocycles. The highest BCUT2D eigenvalue weighted by atomic mass is 79.9. The molecule has 3 rings (SSSR count). The molecule has 0 aliphatic rings. The van der Waals surface area contributed by atoms with Gasteiger partial charge in [0.25, 0.3) is 0 Å². The molecule has 0 radical (unpaired) electrons. The maximum atomic E-state index is 10.6.